The first-order chi connectivity index (χ1) is 9.52. The van der Waals surface area contributed by atoms with E-state index >= 15 is 0 Å². The Morgan fingerprint density at radius 3 is 2.70 bits per heavy atom. The van der Waals surface area contributed by atoms with Gasteiger partial charge in [-0.2, -0.15) is 0 Å². The van der Waals surface area contributed by atoms with E-state index in [0.29, 0.717) is 11.0 Å². The lowest BCUT2D eigenvalue weighted by molar-refractivity contribution is -0.141. The number of esters is 1. The number of carbonyl (C=O) groups is 2. The maximum Gasteiger partial charge on any atom is 0.349 e. The Balaban J connectivity index is 2.37. The van der Waals surface area contributed by atoms with Gasteiger partial charge in [-0.05, 0) is 12.1 Å². The molecule has 0 saturated heterocycles. The van der Waals surface area contributed by atoms with E-state index in [1.165, 1.54) is 20.2 Å². The number of hydrogen-bond acceptors (Lipinski definition) is 5. The van der Waals surface area contributed by atoms with Crippen molar-refractivity contribution in [3.63, 3.8) is 0 Å². The molecule has 2 aromatic rings. The largest absolute Gasteiger partial charge is 0.468 e. The highest BCUT2D eigenvalue weighted by Crippen LogP contribution is 2.13. The van der Waals surface area contributed by atoms with E-state index in [1.807, 2.05) is 0 Å². The fourth-order valence-electron chi connectivity index (χ4n) is 1.75. The van der Waals surface area contributed by atoms with Crippen LogP contribution in [0.25, 0.3) is 11.0 Å². The minimum absolute atomic E-state index is 0.116. The Morgan fingerprint density at radius 2 is 2.00 bits per heavy atom. The Kier molecular flexibility index (Phi) is 3.84. The number of para-hydroxylation sites is 1. The molecule has 6 heteroatoms. The number of carbonyl (C=O) groups excluding carboxylic acids is 2. The molecule has 1 aromatic carbocycles. The smallest absolute Gasteiger partial charge is 0.349 e. The third-order valence-corrected chi connectivity index (χ3v) is 2.81. The van der Waals surface area contributed by atoms with Gasteiger partial charge in [0.2, 0.25) is 0 Å². The minimum atomic E-state index is -0.731. The van der Waals surface area contributed by atoms with Gasteiger partial charge in [-0.25, -0.2) is 4.79 Å². The first-order valence-corrected chi connectivity index (χ1v) is 5.88. The standard InChI is InChI=1S/C14H13NO5/c1-15(8-12(16)19-2)13(17)10-7-9-5-3-4-6-11(9)20-14(10)18/h3-7H,8H2,1-2H3. The minimum Gasteiger partial charge on any atom is -0.468 e. The maximum absolute atomic E-state index is 12.1. The highest BCUT2D eigenvalue weighted by molar-refractivity contribution is 5.97. The first-order valence-electron chi connectivity index (χ1n) is 5.88. The molecule has 104 valence electrons. The quantitative estimate of drug-likeness (QED) is 0.618. The number of methoxy groups -OCH3 is 1. The molecule has 6 nitrogen and oxygen atoms in total. The topological polar surface area (TPSA) is 76.8 Å². The number of likely N-dealkylation sites (N-methyl/N-ethyl adjacent to an activating group) is 1. The number of amides is 1. The van der Waals surface area contributed by atoms with Crippen LogP contribution in [0.2, 0.25) is 0 Å². The summed E-state index contributed by atoms with van der Waals surface area (Å²) in [6, 6.07) is 8.33. The number of rotatable bonds is 3. The molecule has 0 spiro atoms. The van der Waals surface area contributed by atoms with Gasteiger partial charge in [0.15, 0.2) is 0 Å². The Morgan fingerprint density at radius 1 is 1.30 bits per heavy atom. The molecule has 0 fully saturated rings. The van der Waals surface area contributed by atoms with Crippen LogP contribution in [0.4, 0.5) is 0 Å². The SMILES string of the molecule is COC(=O)CN(C)C(=O)c1cc2ccccc2oc1=O. The molecule has 20 heavy (non-hydrogen) atoms. The Bertz CT molecular complexity index is 719. The normalized spacial score (nSPS) is 10.3. The molecule has 0 saturated carbocycles. The summed E-state index contributed by atoms with van der Waals surface area (Å²) in [4.78, 5) is 36.2. The van der Waals surface area contributed by atoms with E-state index in [4.69, 9.17) is 4.42 Å². The predicted molar refractivity (Wildman–Crippen MR) is 71.5 cm³/mol. The summed E-state index contributed by atoms with van der Waals surface area (Å²) < 4.78 is 9.55. The number of ether oxygens (including phenoxy) is 1. The predicted octanol–water partition coefficient (Wildman–Crippen LogP) is 1.04. The van der Waals surface area contributed by atoms with E-state index in [2.05, 4.69) is 4.74 Å². The van der Waals surface area contributed by atoms with Crippen molar-refractivity contribution in [3.8, 4) is 0 Å². The summed E-state index contributed by atoms with van der Waals surface area (Å²) in [6.07, 6.45) is 0. The summed E-state index contributed by atoms with van der Waals surface area (Å²) in [7, 11) is 2.64. The monoisotopic (exact) mass is 275 g/mol. The van der Waals surface area contributed by atoms with E-state index in [0.717, 1.165) is 4.90 Å². The number of hydrogen-bond donors (Lipinski definition) is 0. The summed E-state index contributed by atoms with van der Waals surface area (Å²) >= 11 is 0. The molecule has 0 bridgehead atoms. The van der Waals surface area contributed by atoms with Gasteiger partial charge in [0.05, 0.1) is 7.11 Å². The van der Waals surface area contributed by atoms with Crippen LogP contribution in [0.15, 0.2) is 39.5 Å². The molecule has 1 heterocycles. The van der Waals surface area contributed by atoms with E-state index in [9.17, 15) is 14.4 Å². The Labute approximate surface area is 114 Å². The van der Waals surface area contributed by atoms with Gasteiger partial charge >= 0.3 is 11.6 Å². The van der Waals surface area contributed by atoms with Crippen molar-refractivity contribution in [2.24, 2.45) is 0 Å². The number of nitrogens with zero attached hydrogens (tertiary/aromatic N) is 1. The van der Waals surface area contributed by atoms with Crippen LogP contribution in [-0.4, -0.2) is 37.5 Å². The molecule has 0 unspecified atom stereocenters. The maximum atomic E-state index is 12.1. The molecule has 0 atom stereocenters. The molecule has 1 amide bonds. The zero-order chi connectivity index (χ0) is 14.7. The third-order valence-electron chi connectivity index (χ3n) is 2.81. The van der Waals surface area contributed by atoms with Crippen LogP contribution < -0.4 is 5.63 Å². The fraction of sp³-hybridized carbons (Fsp3) is 0.214. The van der Waals surface area contributed by atoms with Gasteiger partial charge in [0.1, 0.15) is 17.7 Å². The highest BCUT2D eigenvalue weighted by atomic mass is 16.5. The van der Waals surface area contributed by atoms with Gasteiger partial charge in [0.25, 0.3) is 5.91 Å². The molecular formula is C14H13NO5. The fourth-order valence-corrected chi connectivity index (χ4v) is 1.75. The lowest BCUT2D eigenvalue weighted by atomic mass is 10.1. The van der Waals surface area contributed by atoms with Crippen molar-refractivity contribution >= 4 is 22.8 Å². The number of fused-ring (bicyclic) bond motifs is 1. The summed E-state index contributed by atoms with van der Waals surface area (Å²) in [6.45, 7) is -0.235. The van der Waals surface area contributed by atoms with E-state index < -0.39 is 17.5 Å². The second-order valence-electron chi connectivity index (χ2n) is 4.22. The van der Waals surface area contributed by atoms with E-state index in [-0.39, 0.29) is 12.1 Å². The van der Waals surface area contributed by atoms with Crippen molar-refractivity contribution in [3.05, 3.63) is 46.3 Å². The lowest BCUT2D eigenvalue weighted by Gasteiger charge is -2.14. The first kappa shape index (κ1) is 13.8. The third kappa shape index (κ3) is 2.69. The highest BCUT2D eigenvalue weighted by Gasteiger charge is 2.19. The summed E-state index contributed by atoms with van der Waals surface area (Å²) in [5, 5.41) is 0.641. The van der Waals surface area contributed by atoms with Gasteiger partial charge in [-0.1, -0.05) is 18.2 Å². The van der Waals surface area contributed by atoms with E-state index in [1.54, 1.807) is 24.3 Å². The molecule has 0 aliphatic heterocycles. The zero-order valence-corrected chi connectivity index (χ0v) is 11.1. The molecule has 1 aromatic heterocycles. The van der Waals surface area contributed by atoms with Crippen molar-refractivity contribution in [2.45, 2.75) is 0 Å². The second kappa shape index (κ2) is 5.56. The van der Waals surface area contributed by atoms with Crippen molar-refractivity contribution in [2.75, 3.05) is 20.7 Å². The average molecular weight is 275 g/mol. The Hall–Kier alpha value is -2.63. The van der Waals surface area contributed by atoms with Crippen molar-refractivity contribution in [1.29, 1.82) is 0 Å². The molecule has 0 radical (unpaired) electrons. The van der Waals surface area contributed by atoms with Crippen LogP contribution in [0.3, 0.4) is 0 Å². The van der Waals surface area contributed by atoms with Crippen molar-refractivity contribution in [1.82, 2.24) is 4.90 Å². The number of benzene rings is 1. The van der Waals surface area contributed by atoms with Gasteiger partial charge in [0, 0.05) is 12.4 Å². The molecule has 0 N–H and O–H groups in total. The molecular weight excluding hydrogens is 262 g/mol. The van der Waals surface area contributed by atoms with Gasteiger partial charge in [-0.15, -0.1) is 0 Å². The molecule has 0 aliphatic rings. The zero-order valence-electron chi connectivity index (χ0n) is 11.1. The molecule has 2 rings (SSSR count). The van der Waals surface area contributed by atoms with Crippen LogP contribution >= 0.6 is 0 Å². The summed E-state index contributed by atoms with van der Waals surface area (Å²) in [5.74, 6) is -1.15. The lowest BCUT2D eigenvalue weighted by Crippen LogP contribution is -2.35. The van der Waals surface area contributed by atoms with Crippen LogP contribution in [0, 0.1) is 0 Å². The second-order valence-corrected chi connectivity index (χ2v) is 4.22. The van der Waals surface area contributed by atoms with Crippen LogP contribution in [0.5, 0.6) is 0 Å². The van der Waals surface area contributed by atoms with Gasteiger partial charge in [-0.3, -0.25) is 9.59 Å². The van der Waals surface area contributed by atoms with Crippen LogP contribution in [0.1, 0.15) is 10.4 Å². The average Bonchev–Trinajstić information content (AvgIpc) is 2.45. The summed E-state index contributed by atoms with van der Waals surface area (Å²) in [5.41, 5.74) is -0.440. The van der Waals surface area contributed by atoms with Gasteiger partial charge < -0.3 is 14.1 Å². The van der Waals surface area contributed by atoms with Crippen LogP contribution in [-0.2, 0) is 9.53 Å². The molecule has 0 aliphatic carbocycles. The van der Waals surface area contributed by atoms with Crippen molar-refractivity contribution < 1.29 is 18.7 Å².